The first-order valence-electron chi connectivity index (χ1n) is 8.67. The summed E-state index contributed by atoms with van der Waals surface area (Å²) in [5.41, 5.74) is 1.09. The maximum Gasteiger partial charge on any atom is 0.0626 e. The lowest BCUT2D eigenvalue weighted by molar-refractivity contribution is 0.550. The van der Waals surface area contributed by atoms with Gasteiger partial charge in [-0.1, -0.05) is 77.2 Å². The van der Waals surface area contributed by atoms with Crippen LogP contribution in [0.5, 0.6) is 0 Å². The molecule has 0 saturated carbocycles. The smallest absolute Gasteiger partial charge is 0.0626 e. The third-order valence-electron chi connectivity index (χ3n) is 3.84. The minimum Gasteiger partial charge on any atom is -0.257 e. The van der Waals surface area contributed by atoms with Crippen LogP contribution in [0.4, 0.5) is 0 Å². The fourth-order valence-corrected chi connectivity index (χ4v) is 2.54. The molecule has 0 fully saturated rings. The summed E-state index contributed by atoms with van der Waals surface area (Å²) < 4.78 is 0. The lowest BCUT2D eigenvalue weighted by Gasteiger charge is -2.01. The molecule has 0 aromatic rings. The third-order valence-corrected chi connectivity index (χ3v) is 3.84. The van der Waals surface area contributed by atoms with E-state index in [0.717, 1.165) is 5.70 Å². The highest BCUT2D eigenvalue weighted by molar-refractivity contribution is 5.28. The minimum absolute atomic E-state index is 1.09. The SMILES string of the molecule is CCCCCCCCCCCCC/C=C/C1=CC=C[N]1. The second-order valence-corrected chi connectivity index (χ2v) is 5.79. The van der Waals surface area contributed by atoms with Crippen molar-refractivity contribution in [1.29, 1.82) is 0 Å². The van der Waals surface area contributed by atoms with Gasteiger partial charge in [-0.05, 0) is 31.1 Å². The molecular weight excluding hydrogens is 242 g/mol. The lowest BCUT2D eigenvalue weighted by Crippen LogP contribution is -1.86. The summed E-state index contributed by atoms with van der Waals surface area (Å²) in [7, 11) is 0. The van der Waals surface area contributed by atoms with E-state index in [1.165, 1.54) is 77.0 Å². The molecule has 113 valence electrons. The lowest BCUT2D eigenvalue weighted by atomic mass is 10.1. The topological polar surface area (TPSA) is 14.1 Å². The number of hydrogen-bond acceptors (Lipinski definition) is 0. The minimum atomic E-state index is 1.09. The van der Waals surface area contributed by atoms with Gasteiger partial charge in [-0.3, -0.25) is 5.32 Å². The van der Waals surface area contributed by atoms with E-state index in [1.807, 2.05) is 12.3 Å². The Kier molecular flexibility index (Phi) is 11.1. The van der Waals surface area contributed by atoms with E-state index in [1.54, 1.807) is 0 Å². The molecule has 1 heterocycles. The summed E-state index contributed by atoms with van der Waals surface area (Å²) in [6, 6.07) is 0. The standard InChI is InChI=1S/C19H32N/c1-2-3-4-5-6-7-8-9-10-11-12-13-14-16-19-17-15-18-20-19/h14-18H,2-13H2,1H3/b16-14+. The number of allylic oxidation sites excluding steroid dienone is 4. The van der Waals surface area contributed by atoms with E-state index in [-0.39, 0.29) is 0 Å². The van der Waals surface area contributed by atoms with Gasteiger partial charge in [0.1, 0.15) is 0 Å². The summed E-state index contributed by atoms with van der Waals surface area (Å²) in [6.45, 7) is 2.28. The van der Waals surface area contributed by atoms with Crippen molar-refractivity contribution < 1.29 is 0 Å². The van der Waals surface area contributed by atoms with Gasteiger partial charge in [-0.15, -0.1) is 0 Å². The summed E-state index contributed by atoms with van der Waals surface area (Å²) in [6.07, 6.45) is 27.1. The Bertz CT molecular complexity index is 299. The second-order valence-electron chi connectivity index (χ2n) is 5.79. The molecule has 0 amide bonds. The Balaban J connectivity index is 1.74. The molecular formula is C19H32N. The van der Waals surface area contributed by atoms with E-state index < -0.39 is 0 Å². The van der Waals surface area contributed by atoms with Gasteiger partial charge >= 0.3 is 0 Å². The fraction of sp³-hybridized carbons (Fsp3) is 0.684. The van der Waals surface area contributed by atoms with Crippen molar-refractivity contribution in [2.24, 2.45) is 0 Å². The van der Waals surface area contributed by atoms with Gasteiger partial charge in [0.25, 0.3) is 0 Å². The molecule has 1 rings (SSSR count). The van der Waals surface area contributed by atoms with Gasteiger partial charge in [0, 0.05) is 6.20 Å². The van der Waals surface area contributed by atoms with E-state index in [9.17, 15) is 0 Å². The molecule has 1 heteroatoms. The number of unbranched alkanes of at least 4 members (excludes halogenated alkanes) is 11. The highest BCUT2D eigenvalue weighted by Crippen LogP contribution is 2.12. The first-order valence-corrected chi connectivity index (χ1v) is 8.67. The average molecular weight is 274 g/mol. The Labute approximate surface area is 126 Å². The van der Waals surface area contributed by atoms with Gasteiger partial charge in [-0.25, -0.2) is 0 Å². The van der Waals surface area contributed by atoms with Crippen LogP contribution in [0.1, 0.15) is 84.0 Å². The van der Waals surface area contributed by atoms with Crippen LogP contribution >= 0.6 is 0 Å². The van der Waals surface area contributed by atoms with Crippen molar-refractivity contribution in [2.75, 3.05) is 0 Å². The summed E-state index contributed by atoms with van der Waals surface area (Å²) in [5.74, 6) is 0. The van der Waals surface area contributed by atoms with E-state index >= 15 is 0 Å². The van der Waals surface area contributed by atoms with Crippen LogP contribution in [0.2, 0.25) is 0 Å². The highest BCUT2D eigenvalue weighted by atomic mass is 14.9. The van der Waals surface area contributed by atoms with Crippen molar-refractivity contribution in [3.05, 3.63) is 36.2 Å². The zero-order valence-corrected chi connectivity index (χ0v) is 13.3. The molecule has 0 aliphatic carbocycles. The number of hydrogen-bond donors (Lipinski definition) is 0. The van der Waals surface area contributed by atoms with Crippen LogP contribution < -0.4 is 5.32 Å². The summed E-state index contributed by atoms with van der Waals surface area (Å²) in [4.78, 5) is 0. The molecule has 0 aromatic carbocycles. The second kappa shape index (κ2) is 13.0. The molecule has 0 saturated heterocycles. The van der Waals surface area contributed by atoms with Gasteiger partial charge in [-0.2, -0.15) is 0 Å². The summed E-state index contributed by atoms with van der Waals surface area (Å²) >= 11 is 0. The van der Waals surface area contributed by atoms with Crippen molar-refractivity contribution in [3.8, 4) is 0 Å². The van der Waals surface area contributed by atoms with Crippen molar-refractivity contribution in [2.45, 2.75) is 84.0 Å². The van der Waals surface area contributed by atoms with Crippen LogP contribution in [0, 0.1) is 0 Å². The van der Waals surface area contributed by atoms with Crippen LogP contribution in [-0.4, -0.2) is 0 Å². The predicted octanol–water partition coefficient (Wildman–Crippen LogP) is 6.26. The number of rotatable bonds is 13. The molecule has 1 aliphatic heterocycles. The van der Waals surface area contributed by atoms with Crippen LogP contribution in [0.15, 0.2) is 36.2 Å². The fourth-order valence-electron chi connectivity index (χ4n) is 2.54. The molecule has 1 radical (unpaired) electrons. The first-order chi connectivity index (χ1) is 9.93. The normalized spacial score (nSPS) is 13.9. The van der Waals surface area contributed by atoms with Crippen molar-refractivity contribution in [3.63, 3.8) is 0 Å². The van der Waals surface area contributed by atoms with Crippen molar-refractivity contribution >= 4 is 0 Å². The van der Waals surface area contributed by atoms with Crippen molar-refractivity contribution in [1.82, 2.24) is 5.32 Å². The molecule has 0 N–H and O–H groups in total. The maximum atomic E-state index is 4.22. The first kappa shape index (κ1) is 17.1. The molecule has 0 unspecified atom stereocenters. The Morgan fingerprint density at radius 3 is 2.00 bits per heavy atom. The van der Waals surface area contributed by atoms with E-state index in [4.69, 9.17) is 0 Å². The predicted molar refractivity (Wildman–Crippen MR) is 89.6 cm³/mol. The quantitative estimate of drug-likeness (QED) is 0.352. The zero-order chi connectivity index (χ0) is 14.3. The zero-order valence-electron chi connectivity index (χ0n) is 13.3. The monoisotopic (exact) mass is 274 g/mol. The van der Waals surface area contributed by atoms with Crippen LogP contribution in [0.3, 0.4) is 0 Å². The molecule has 1 aliphatic rings. The Morgan fingerprint density at radius 1 is 0.850 bits per heavy atom. The molecule has 0 bridgehead atoms. The summed E-state index contributed by atoms with van der Waals surface area (Å²) in [5, 5.41) is 4.22. The largest absolute Gasteiger partial charge is 0.257 e. The molecule has 1 nitrogen and oxygen atoms in total. The number of nitrogens with zero attached hydrogens (tertiary/aromatic N) is 1. The molecule has 0 aromatic heterocycles. The Morgan fingerprint density at radius 2 is 1.45 bits per heavy atom. The van der Waals surface area contributed by atoms with Gasteiger partial charge in [0.05, 0.1) is 5.70 Å². The maximum absolute atomic E-state index is 4.22. The molecule has 0 atom stereocenters. The Hall–Kier alpha value is -0.980. The van der Waals surface area contributed by atoms with E-state index in [0.29, 0.717) is 0 Å². The van der Waals surface area contributed by atoms with Crippen LogP contribution in [-0.2, 0) is 0 Å². The molecule has 20 heavy (non-hydrogen) atoms. The van der Waals surface area contributed by atoms with E-state index in [2.05, 4.69) is 30.5 Å². The van der Waals surface area contributed by atoms with Gasteiger partial charge in [0.15, 0.2) is 0 Å². The van der Waals surface area contributed by atoms with Crippen LogP contribution in [0.25, 0.3) is 0 Å². The van der Waals surface area contributed by atoms with Gasteiger partial charge < -0.3 is 0 Å². The average Bonchev–Trinajstić information content (AvgIpc) is 2.97. The molecule has 0 spiro atoms. The van der Waals surface area contributed by atoms with Gasteiger partial charge in [0.2, 0.25) is 0 Å². The highest BCUT2D eigenvalue weighted by Gasteiger charge is 1.94. The third kappa shape index (κ3) is 9.89.